The van der Waals surface area contributed by atoms with Crippen molar-refractivity contribution in [3.63, 3.8) is 0 Å². The van der Waals surface area contributed by atoms with Crippen LogP contribution in [0.1, 0.15) is 17.0 Å². The van der Waals surface area contributed by atoms with Gasteiger partial charge in [0.2, 0.25) is 0 Å². The molecule has 0 aromatic carbocycles. The number of ether oxygens (including phenoxy) is 1. The third kappa shape index (κ3) is 6.30. The minimum Gasteiger partial charge on any atom is -0.490 e. The van der Waals surface area contributed by atoms with Crippen molar-refractivity contribution >= 4 is 42.3 Å². The number of pyridine rings is 2. The van der Waals surface area contributed by atoms with E-state index in [-0.39, 0.29) is 24.8 Å². The van der Waals surface area contributed by atoms with Crippen LogP contribution in [0.15, 0.2) is 36.5 Å². The number of nitriles is 1. The Labute approximate surface area is 175 Å². The summed E-state index contributed by atoms with van der Waals surface area (Å²) in [6, 6.07) is 11.2. The van der Waals surface area contributed by atoms with Gasteiger partial charge in [0.25, 0.3) is 0 Å². The zero-order valence-corrected chi connectivity index (χ0v) is 17.0. The molecule has 0 saturated heterocycles. The van der Waals surface area contributed by atoms with Crippen molar-refractivity contribution in [2.45, 2.75) is 13.8 Å². The minimum absolute atomic E-state index is 0. The van der Waals surface area contributed by atoms with E-state index in [4.69, 9.17) is 4.74 Å². The van der Waals surface area contributed by atoms with Crippen LogP contribution in [0.4, 0.5) is 17.5 Å². The third-order valence-electron chi connectivity index (χ3n) is 3.53. The van der Waals surface area contributed by atoms with Crippen LogP contribution in [-0.2, 0) is 0 Å². The summed E-state index contributed by atoms with van der Waals surface area (Å²) in [6.07, 6.45) is 1.69. The average molecular weight is 422 g/mol. The van der Waals surface area contributed by atoms with Gasteiger partial charge in [-0.05, 0) is 38.1 Å². The fourth-order valence-electron chi connectivity index (χ4n) is 2.24. The van der Waals surface area contributed by atoms with Gasteiger partial charge in [0.1, 0.15) is 30.1 Å². The molecule has 0 aliphatic rings. The maximum atomic E-state index is 9.26. The molecule has 3 rings (SSSR count). The standard InChI is InChI=1S/C18H19N7O.2ClH/c1-12-3-5-15(11-21-12)26-8-7-20-18-14(10-19)4-6-16(23-18)22-17-9-13(2)24-25-17;;/h3-6,9,11H,7-8H2,1-2H3,(H3,20,22,23,24,25);2*1H. The van der Waals surface area contributed by atoms with Crippen LogP contribution in [0.5, 0.6) is 5.75 Å². The maximum Gasteiger partial charge on any atom is 0.153 e. The van der Waals surface area contributed by atoms with Gasteiger partial charge in [-0.3, -0.25) is 10.1 Å². The van der Waals surface area contributed by atoms with E-state index in [0.29, 0.717) is 41.9 Å². The highest BCUT2D eigenvalue weighted by molar-refractivity contribution is 5.85. The molecule has 0 saturated carbocycles. The van der Waals surface area contributed by atoms with Crippen LogP contribution in [0, 0.1) is 25.2 Å². The summed E-state index contributed by atoms with van der Waals surface area (Å²) in [5, 5.41) is 22.4. The molecular formula is C18H21Cl2N7O. The first-order valence-electron chi connectivity index (χ1n) is 8.13. The molecule has 3 aromatic rings. The Kier molecular flexibility index (Phi) is 9.02. The summed E-state index contributed by atoms with van der Waals surface area (Å²) < 4.78 is 5.62. The van der Waals surface area contributed by atoms with Gasteiger partial charge in [-0.2, -0.15) is 10.4 Å². The summed E-state index contributed by atoms with van der Waals surface area (Å²) in [7, 11) is 0. The number of rotatable bonds is 7. The zero-order valence-electron chi connectivity index (χ0n) is 15.4. The third-order valence-corrected chi connectivity index (χ3v) is 3.53. The fourth-order valence-corrected chi connectivity index (χ4v) is 2.24. The quantitative estimate of drug-likeness (QED) is 0.497. The lowest BCUT2D eigenvalue weighted by Gasteiger charge is -2.10. The van der Waals surface area contributed by atoms with Crippen LogP contribution in [-0.4, -0.2) is 33.3 Å². The van der Waals surface area contributed by atoms with Crippen LogP contribution >= 0.6 is 24.8 Å². The average Bonchev–Trinajstić information content (AvgIpc) is 3.05. The van der Waals surface area contributed by atoms with Crippen LogP contribution in [0.2, 0.25) is 0 Å². The molecule has 3 aromatic heterocycles. The molecule has 3 heterocycles. The second-order valence-electron chi connectivity index (χ2n) is 5.68. The largest absolute Gasteiger partial charge is 0.490 e. The number of H-pyrrole nitrogens is 1. The lowest BCUT2D eigenvalue weighted by molar-refractivity contribution is 0.331. The van der Waals surface area contributed by atoms with E-state index in [1.54, 1.807) is 18.3 Å². The molecule has 10 heteroatoms. The Morgan fingerprint density at radius 3 is 2.61 bits per heavy atom. The Hall–Kier alpha value is -3.02. The fraction of sp³-hybridized carbons (Fsp3) is 0.222. The predicted octanol–water partition coefficient (Wildman–Crippen LogP) is 3.77. The second kappa shape index (κ2) is 11.0. The monoisotopic (exact) mass is 421 g/mol. The van der Waals surface area contributed by atoms with Crippen LogP contribution in [0.3, 0.4) is 0 Å². The van der Waals surface area contributed by atoms with Crippen molar-refractivity contribution in [1.82, 2.24) is 20.2 Å². The Morgan fingerprint density at radius 2 is 1.96 bits per heavy atom. The van der Waals surface area contributed by atoms with Crippen molar-refractivity contribution in [3.8, 4) is 11.8 Å². The van der Waals surface area contributed by atoms with Crippen molar-refractivity contribution in [3.05, 3.63) is 53.5 Å². The topological polar surface area (TPSA) is 112 Å². The summed E-state index contributed by atoms with van der Waals surface area (Å²) in [5.41, 5.74) is 2.35. The summed E-state index contributed by atoms with van der Waals surface area (Å²) in [6.45, 7) is 4.76. The molecule has 3 N–H and O–H groups in total. The molecule has 0 bridgehead atoms. The highest BCUT2D eigenvalue weighted by Crippen LogP contribution is 2.18. The van der Waals surface area contributed by atoms with Crippen molar-refractivity contribution in [2.24, 2.45) is 0 Å². The number of hydrogen-bond donors (Lipinski definition) is 3. The van der Waals surface area contributed by atoms with Gasteiger partial charge < -0.3 is 15.4 Å². The van der Waals surface area contributed by atoms with E-state index in [1.807, 2.05) is 32.0 Å². The summed E-state index contributed by atoms with van der Waals surface area (Å²) in [5.74, 6) is 2.47. The molecule has 0 aliphatic carbocycles. The molecule has 0 radical (unpaired) electrons. The molecule has 148 valence electrons. The first-order chi connectivity index (χ1) is 12.6. The van der Waals surface area contributed by atoms with Gasteiger partial charge in [0.15, 0.2) is 5.82 Å². The van der Waals surface area contributed by atoms with E-state index in [2.05, 4.69) is 36.9 Å². The lowest BCUT2D eigenvalue weighted by atomic mass is 10.2. The summed E-state index contributed by atoms with van der Waals surface area (Å²) in [4.78, 5) is 8.62. The van der Waals surface area contributed by atoms with Gasteiger partial charge in [0, 0.05) is 17.5 Å². The zero-order chi connectivity index (χ0) is 18.4. The van der Waals surface area contributed by atoms with E-state index < -0.39 is 0 Å². The number of anilines is 3. The van der Waals surface area contributed by atoms with Gasteiger partial charge in [-0.15, -0.1) is 24.8 Å². The summed E-state index contributed by atoms with van der Waals surface area (Å²) >= 11 is 0. The van der Waals surface area contributed by atoms with Crippen LogP contribution in [0.25, 0.3) is 0 Å². The molecule has 8 nitrogen and oxygen atoms in total. The number of hydrogen-bond acceptors (Lipinski definition) is 7. The highest BCUT2D eigenvalue weighted by atomic mass is 35.5. The van der Waals surface area contributed by atoms with E-state index in [1.165, 1.54) is 0 Å². The molecule has 0 atom stereocenters. The number of aromatic nitrogens is 4. The molecule has 0 unspecified atom stereocenters. The van der Waals surface area contributed by atoms with Gasteiger partial charge in [0.05, 0.1) is 18.3 Å². The van der Waals surface area contributed by atoms with Crippen molar-refractivity contribution in [2.75, 3.05) is 23.8 Å². The van der Waals surface area contributed by atoms with E-state index in [9.17, 15) is 5.26 Å². The van der Waals surface area contributed by atoms with E-state index in [0.717, 1.165) is 11.4 Å². The van der Waals surface area contributed by atoms with Gasteiger partial charge in [-0.25, -0.2) is 4.98 Å². The first-order valence-corrected chi connectivity index (χ1v) is 8.13. The number of nitrogens with zero attached hydrogens (tertiary/aromatic N) is 4. The van der Waals surface area contributed by atoms with E-state index >= 15 is 0 Å². The number of aromatic amines is 1. The first kappa shape index (κ1) is 23.0. The Balaban J connectivity index is 0.00000196. The minimum atomic E-state index is 0. The smallest absolute Gasteiger partial charge is 0.153 e. The molecule has 0 amide bonds. The second-order valence-corrected chi connectivity index (χ2v) is 5.68. The Morgan fingerprint density at radius 1 is 1.14 bits per heavy atom. The SMILES string of the molecule is Cc1ccc(OCCNc2nc(Nc3cc(C)[nH]n3)ccc2C#N)cn1.Cl.Cl. The van der Waals surface area contributed by atoms with Crippen LogP contribution < -0.4 is 15.4 Å². The van der Waals surface area contributed by atoms with Crippen molar-refractivity contribution in [1.29, 1.82) is 5.26 Å². The number of aryl methyl sites for hydroxylation is 2. The van der Waals surface area contributed by atoms with Gasteiger partial charge in [-0.1, -0.05) is 0 Å². The highest BCUT2D eigenvalue weighted by Gasteiger charge is 2.07. The number of halogens is 2. The molecule has 0 fully saturated rings. The molecular weight excluding hydrogens is 401 g/mol. The normalized spacial score (nSPS) is 9.46. The van der Waals surface area contributed by atoms with Crippen molar-refractivity contribution < 1.29 is 4.74 Å². The number of nitrogens with one attached hydrogen (secondary N) is 3. The van der Waals surface area contributed by atoms with Gasteiger partial charge >= 0.3 is 0 Å². The Bertz CT molecular complexity index is 922. The predicted molar refractivity (Wildman–Crippen MR) is 113 cm³/mol. The lowest BCUT2D eigenvalue weighted by Crippen LogP contribution is -2.13. The molecule has 0 spiro atoms. The maximum absolute atomic E-state index is 9.26. The molecule has 28 heavy (non-hydrogen) atoms. The molecule has 0 aliphatic heterocycles.